The number of aliphatic hydroxyl groups is 1. The molecule has 1 N–H and O–H groups in total. The summed E-state index contributed by atoms with van der Waals surface area (Å²) in [5, 5.41) is 19.0. The highest BCUT2D eigenvalue weighted by Crippen LogP contribution is 2.15. The van der Waals surface area contributed by atoms with Gasteiger partial charge in [-0.05, 0) is 43.8 Å². The molecule has 0 saturated carbocycles. The molecule has 1 unspecified atom stereocenters. The van der Waals surface area contributed by atoms with Gasteiger partial charge in [0.2, 0.25) is 0 Å². The molecule has 0 saturated heterocycles. The number of aromatic nitrogens is 1. The molecule has 0 radical (unpaired) electrons. The van der Waals surface area contributed by atoms with Gasteiger partial charge in [0, 0.05) is 18.8 Å². The summed E-state index contributed by atoms with van der Waals surface area (Å²) in [5.41, 5.74) is 3.40. The maximum atomic E-state index is 10.2. The van der Waals surface area contributed by atoms with Crippen LogP contribution in [0.15, 0.2) is 42.5 Å². The number of likely N-dealkylation sites (N-methyl/N-ethyl adjacent to an activating group) is 1. The van der Waals surface area contributed by atoms with Crippen molar-refractivity contribution >= 4 is 0 Å². The Kier molecular flexibility index (Phi) is 5.04. The summed E-state index contributed by atoms with van der Waals surface area (Å²) in [6.45, 7) is 3.17. The fourth-order valence-corrected chi connectivity index (χ4v) is 2.21. The first-order chi connectivity index (χ1) is 10.1. The van der Waals surface area contributed by atoms with Gasteiger partial charge in [-0.25, -0.2) is 0 Å². The second-order valence-corrected chi connectivity index (χ2v) is 5.22. The van der Waals surface area contributed by atoms with Crippen molar-refractivity contribution in [1.82, 2.24) is 9.88 Å². The highest BCUT2D eigenvalue weighted by molar-refractivity contribution is 5.32. The average molecular weight is 281 g/mol. The molecule has 108 valence electrons. The van der Waals surface area contributed by atoms with Crippen molar-refractivity contribution < 1.29 is 5.11 Å². The summed E-state index contributed by atoms with van der Waals surface area (Å²) in [4.78, 5) is 6.49. The second-order valence-electron chi connectivity index (χ2n) is 5.22. The van der Waals surface area contributed by atoms with E-state index in [0.29, 0.717) is 18.7 Å². The average Bonchev–Trinajstić information content (AvgIpc) is 2.47. The number of hydrogen-bond donors (Lipinski definition) is 1. The van der Waals surface area contributed by atoms with E-state index >= 15 is 0 Å². The summed E-state index contributed by atoms with van der Waals surface area (Å²) in [6, 6.07) is 15.0. The number of hydrogen-bond acceptors (Lipinski definition) is 4. The van der Waals surface area contributed by atoms with Crippen LogP contribution in [0.1, 0.15) is 28.6 Å². The highest BCUT2D eigenvalue weighted by atomic mass is 16.3. The quantitative estimate of drug-likeness (QED) is 0.914. The third-order valence-corrected chi connectivity index (χ3v) is 3.29. The van der Waals surface area contributed by atoms with Gasteiger partial charge in [0.15, 0.2) is 0 Å². The SMILES string of the molecule is Cc1cccc(CN(C)CC(O)c2ccc(C#N)cc2)n1. The Labute approximate surface area is 125 Å². The van der Waals surface area contributed by atoms with Crippen LogP contribution in [0.5, 0.6) is 0 Å². The van der Waals surface area contributed by atoms with Crippen molar-refractivity contribution in [2.24, 2.45) is 0 Å². The third-order valence-electron chi connectivity index (χ3n) is 3.29. The topological polar surface area (TPSA) is 60.1 Å². The Bertz CT molecular complexity index is 631. The van der Waals surface area contributed by atoms with Crippen LogP contribution in [0, 0.1) is 18.3 Å². The zero-order valence-corrected chi connectivity index (χ0v) is 12.3. The van der Waals surface area contributed by atoms with E-state index in [1.54, 1.807) is 24.3 Å². The molecule has 0 aliphatic rings. The molecule has 21 heavy (non-hydrogen) atoms. The van der Waals surface area contributed by atoms with E-state index in [0.717, 1.165) is 17.0 Å². The summed E-state index contributed by atoms with van der Waals surface area (Å²) in [5.74, 6) is 0. The molecule has 2 aromatic rings. The molecule has 0 amide bonds. The van der Waals surface area contributed by atoms with Gasteiger partial charge < -0.3 is 5.11 Å². The lowest BCUT2D eigenvalue weighted by Gasteiger charge is -2.20. The van der Waals surface area contributed by atoms with Gasteiger partial charge in [0.1, 0.15) is 0 Å². The maximum absolute atomic E-state index is 10.2. The monoisotopic (exact) mass is 281 g/mol. The first-order valence-corrected chi connectivity index (χ1v) is 6.87. The number of nitrogens with zero attached hydrogens (tertiary/aromatic N) is 3. The summed E-state index contributed by atoms with van der Waals surface area (Å²) < 4.78 is 0. The van der Waals surface area contributed by atoms with E-state index in [4.69, 9.17) is 5.26 Å². The minimum absolute atomic E-state index is 0.515. The molecular weight excluding hydrogens is 262 g/mol. The molecular formula is C17H19N3O. The van der Waals surface area contributed by atoms with Gasteiger partial charge >= 0.3 is 0 Å². The van der Waals surface area contributed by atoms with Crippen molar-refractivity contribution in [2.75, 3.05) is 13.6 Å². The first-order valence-electron chi connectivity index (χ1n) is 6.87. The molecule has 4 nitrogen and oxygen atoms in total. The number of aryl methyl sites for hydroxylation is 1. The van der Waals surface area contributed by atoms with Gasteiger partial charge in [-0.3, -0.25) is 9.88 Å². The van der Waals surface area contributed by atoms with Crippen molar-refractivity contribution in [2.45, 2.75) is 19.6 Å². The van der Waals surface area contributed by atoms with Crippen LogP contribution >= 0.6 is 0 Å². The Morgan fingerprint density at radius 1 is 1.24 bits per heavy atom. The largest absolute Gasteiger partial charge is 0.387 e. The summed E-state index contributed by atoms with van der Waals surface area (Å²) in [6.07, 6.45) is -0.576. The molecule has 2 rings (SSSR count). The van der Waals surface area contributed by atoms with Crippen LogP contribution in [-0.2, 0) is 6.54 Å². The van der Waals surface area contributed by atoms with Gasteiger partial charge in [-0.15, -0.1) is 0 Å². The smallest absolute Gasteiger partial charge is 0.0991 e. The van der Waals surface area contributed by atoms with Crippen molar-refractivity contribution in [3.05, 3.63) is 65.0 Å². The molecule has 0 aliphatic carbocycles. The number of pyridine rings is 1. The second kappa shape index (κ2) is 6.98. The molecule has 0 aliphatic heterocycles. The van der Waals surface area contributed by atoms with Crippen LogP contribution in [0.4, 0.5) is 0 Å². The minimum Gasteiger partial charge on any atom is -0.387 e. The molecule has 1 aromatic carbocycles. The van der Waals surface area contributed by atoms with Crippen molar-refractivity contribution in [3.8, 4) is 6.07 Å². The first kappa shape index (κ1) is 15.2. The Morgan fingerprint density at radius 3 is 2.57 bits per heavy atom. The fourth-order valence-electron chi connectivity index (χ4n) is 2.21. The maximum Gasteiger partial charge on any atom is 0.0991 e. The molecule has 1 atom stereocenters. The van der Waals surface area contributed by atoms with Crippen LogP contribution in [0.3, 0.4) is 0 Å². The summed E-state index contributed by atoms with van der Waals surface area (Å²) >= 11 is 0. The van der Waals surface area contributed by atoms with Crippen LogP contribution < -0.4 is 0 Å². The Balaban J connectivity index is 1.95. The van der Waals surface area contributed by atoms with Crippen LogP contribution in [0.2, 0.25) is 0 Å². The van der Waals surface area contributed by atoms with Crippen LogP contribution in [-0.4, -0.2) is 28.6 Å². The zero-order valence-electron chi connectivity index (χ0n) is 12.3. The minimum atomic E-state index is -0.576. The lowest BCUT2D eigenvalue weighted by atomic mass is 10.1. The Morgan fingerprint density at radius 2 is 1.95 bits per heavy atom. The molecule has 4 heteroatoms. The predicted molar refractivity (Wildman–Crippen MR) is 81.4 cm³/mol. The number of nitriles is 1. The molecule has 1 aromatic heterocycles. The molecule has 0 spiro atoms. The normalized spacial score (nSPS) is 12.1. The van der Waals surface area contributed by atoms with Gasteiger partial charge in [0.05, 0.1) is 23.4 Å². The zero-order chi connectivity index (χ0) is 15.2. The standard InChI is InChI=1S/C17H19N3O/c1-13-4-3-5-16(19-13)11-20(2)12-17(21)15-8-6-14(10-18)7-9-15/h3-9,17,21H,11-12H2,1-2H3. The third kappa shape index (κ3) is 4.38. The van der Waals surface area contributed by atoms with Gasteiger partial charge in [-0.1, -0.05) is 18.2 Å². The van der Waals surface area contributed by atoms with Crippen molar-refractivity contribution in [1.29, 1.82) is 5.26 Å². The lowest BCUT2D eigenvalue weighted by molar-refractivity contribution is 0.123. The molecule has 0 fully saturated rings. The number of benzene rings is 1. The van der Waals surface area contributed by atoms with Gasteiger partial charge in [0.25, 0.3) is 0 Å². The van der Waals surface area contributed by atoms with E-state index in [2.05, 4.69) is 11.1 Å². The molecule has 1 heterocycles. The fraction of sp³-hybridized carbons (Fsp3) is 0.294. The van der Waals surface area contributed by atoms with E-state index in [1.165, 1.54) is 0 Å². The van der Waals surface area contributed by atoms with Gasteiger partial charge in [-0.2, -0.15) is 5.26 Å². The number of rotatable bonds is 5. The van der Waals surface area contributed by atoms with Crippen LogP contribution in [0.25, 0.3) is 0 Å². The predicted octanol–water partition coefficient (Wildman–Crippen LogP) is 2.43. The lowest BCUT2D eigenvalue weighted by Crippen LogP contribution is -2.24. The summed E-state index contributed by atoms with van der Waals surface area (Å²) in [7, 11) is 1.96. The van der Waals surface area contributed by atoms with Crippen molar-refractivity contribution in [3.63, 3.8) is 0 Å². The van der Waals surface area contributed by atoms with E-state index in [-0.39, 0.29) is 0 Å². The van der Waals surface area contributed by atoms with E-state index in [1.807, 2.05) is 37.1 Å². The Hall–Kier alpha value is -2.22. The van der Waals surface area contributed by atoms with E-state index < -0.39 is 6.10 Å². The highest BCUT2D eigenvalue weighted by Gasteiger charge is 2.11. The molecule has 0 bridgehead atoms. The van der Waals surface area contributed by atoms with E-state index in [9.17, 15) is 5.11 Å². The number of aliphatic hydroxyl groups excluding tert-OH is 1.